The Bertz CT molecular complexity index is 514. The third-order valence-electron chi connectivity index (χ3n) is 3.56. The van der Waals surface area contributed by atoms with Crippen molar-refractivity contribution in [2.75, 3.05) is 17.6 Å². The van der Waals surface area contributed by atoms with Gasteiger partial charge in [0.05, 0.1) is 10.5 Å². The molecule has 0 bridgehead atoms. The van der Waals surface area contributed by atoms with E-state index in [4.69, 9.17) is 0 Å². The molecule has 5 nitrogen and oxygen atoms in total. The van der Waals surface area contributed by atoms with Gasteiger partial charge in [-0.15, -0.1) is 0 Å². The van der Waals surface area contributed by atoms with Crippen molar-refractivity contribution in [1.82, 2.24) is 0 Å². The van der Waals surface area contributed by atoms with Crippen molar-refractivity contribution < 1.29 is 14.4 Å². The molecule has 1 aliphatic carbocycles. The van der Waals surface area contributed by atoms with Crippen LogP contribution in [0.4, 0.5) is 15.8 Å². The van der Waals surface area contributed by atoms with Crippen LogP contribution in [0.5, 0.6) is 0 Å². The van der Waals surface area contributed by atoms with Crippen molar-refractivity contribution in [1.29, 1.82) is 0 Å². The molecule has 110 valence electrons. The summed E-state index contributed by atoms with van der Waals surface area (Å²) in [6.45, 7) is 2.21. The Morgan fingerprint density at radius 2 is 2.40 bits per heavy atom. The number of nitro groups is 1. The highest BCUT2D eigenvalue weighted by molar-refractivity contribution is 8.00. The monoisotopic (exact) mass is 300 g/mol. The molecular formula is C13H17FN2O3S. The summed E-state index contributed by atoms with van der Waals surface area (Å²) < 4.78 is 13.5. The second-order valence-electron chi connectivity index (χ2n) is 4.83. The molecule has 7 heteroatoms. The zero-order valence-corrected chi connectivity index (χ0v) is 12.0. The number of anilines is 1. The van der Waals surface area contributed by atoms with E-state index in [2.05, 4.69) is 5.32 Å². The Kier molecular flexibility index (Phi) is 4.49. The van der Waals surface area contributed by atoms with Crippen LogP contribution in [0.3, 0.4) is 0 Å². The SMILES string of the molecule is CCSC1CCC1(O)CNc1cccc(F)c1[N+](=O)[O-]. The number of hydrogen-bond acceptors (Lipinski definition) is 5. The summed E-state index contributed by atoms with van der Waals surface area (Å²) in [5, 5.41) is 24.2. The third-order valence-corrected chi connectivity index (χ3v) is 4.97. The van der Waals surface area contributed by atoms with Gasteiger partial charge in [0.2, 0.25) is 5.82 Å². The van der Waals surface area contributed by atoms with E-state index in [9.17, 15) is 19.6 Å². The largest absolute Gasteiger partial charge is 0.387 e. The van der Waals surface area contributed by atoms with E-state index in [1.807, 2.05) is 6.92 Å². The van der Waals surface area contributed by atoms with E-state index in [-0.39, 0.29) is 17.5 Å². The molecule has 0 aromatic heterocycles. The topological polar surface area (TPSA) is 75.4 Å². The highest BCUT2D eigenvalue weighted by Gasteiger charge is 2.45. The number of aliphatic hydroxyl groups is 1. The van der Waals surface area contributed by atoms with E-state index in [0.29, 0.717) is 6.42 Å². The van der Waals surface area contributed by atoms with Gasteiger partial charge < -0.3 is 10.4 Å². The zero-order valence-electron chi connectivity index (χ0n) is 11.1. The highest BCUT2D eigenvalue weighted by atomic mass is 32.2. The molecule has 1 aromatic rings. The zero-order chi connectivity index (χ0) is 14.8. The number of rotatable bonds is 6. The summed E-state index contributed by atoms with van der Waals surface area (Å²) in [6.07, 6.45) is 1.59. The highest BCUT2D eigenvalue weighted by Crippen LogP contribution is 2.41. The molecule has 2 N–H and O–H groups in total. The second-order valence-corrected chi connectivity index (χ2v) is 6.31. The Hall–Kier alpha value is -1.34. The van der Waals surface area contributed by atoms with Gasteiger partial charge in [-0.1, -0.05) is 13.0 Å². The quantitative estimate of drug-likeness (QED) is 0.624. The van der Waals surface area contributed by atoms with Gasteiger partial charge in [0.15, 0.2) is 0 Å². The summed E-state index contributed by atoms with van der Waals surface area (Å²) in [4.78, 5) is 10.1. The first-order valence-electron chi connectivity index (χ1n) is 6.48. The Balaban J connectivity index is 2.08. The van der Waals surface area contributed by atoms with Gasteiger partial charge in [0, 0.05) is 11.8 Å². The van der Waals surface area contributed by atoms with Crippen molar-refractivity contribution in [3.8, 4) is 0 Å². The molecule has 1 aliphatic rings. The van der Waals surface area contributed by atoms with Crippen LogP contribution in [0.2, 0.25) is 0 Å². The lowest BCUT2D eigenvalue weighted by atomic mass is 9.79. The Morgan fingerprint density at radius 3 is 2.95 bits per heavy atom. The molecule has 0 spiro atoms. The first-order valence-corrected chi connectivity index (χ1v) is 7.53. The van der Waals surface area contributed by atoms with Crippen LogP contribution < -0.4 is 5.32 Å². The van der Waals surface area contributed by atoms with Gasteiger partial charge in [-0.25, -0.2) is 0 Å². The molecule has 1 aromatic carbocycles. The molecule has 0 aliphatic heterocycles. The average molecular weight is 300 g/mol. The average Bonchev–Trinajstić information content (AvgIpc) is 2.40. The number of thioether (sulfide) groups is 1. The second kappa shape index (κ2) is 5.97. The molecule has 1 fully saturated rings. The minimum Gasteiger partial charge on any atom is -0.387 e. The lowest BCUT2D eigenvalue weighted by Crippen LogP contribution is -2.54. The first-order chi connectivity index (χ1) is 9.48. The standard InChI is InChI=1S/C13H17FN2O3S/c1-2-20-11-6-7-13(11,17)8-15-10-5-3-4-9(14)12(10)16(18)19/h3-5,11,15,17H,2,6-8H2,1H3. The van der Waals surface area contributed by atoms with E-state index >= 15 is 0 Å². The summed E-state index contributed by atoms with van der Waals surface area (Å²) in [5.41, 5.74) is -1.34. The van der Waals surface area contributed by atoms with Crippen LogP contribution in [0.1, 0.15) is 19.8 Å². The van der Waals surface area contributed by atoms with Crippen LogP contribution in [0, 0.1) is 15.9 Å². The Morgan fingerprint density at radius 1 is 1.65 bits per heavy atom. The number of nitro benzene ring substituents is 1. The van der Waals surface area contributed by atoms with Gasteiger partial charge in [-0.3, -0.25) is 10.1 Å². The van der Waals surface area contributed by atoms with Crippen LogP contribution >= 0.6 is 11.8 Å². The molecule has 2 unspecified atom stereocenters. The molecule has 0 saturated heterocycles. The molecule has 2 rings (SSSR count). The number of benzene rings is 1. The fourth-order valence-corrected chi connectivity index (χ4v) is 3.53. The van der Waals surface area contributed by atoms with E-state index < -0.39 is 22.0 Å². The van der Waals surface area contributed by atoms with Crippen molar-refractivity contribution in [2.24, 2.45) is 0 Å². The van der Waals surface area contributed by atoms with Crippen molar-refractivity contribution in [2.45, 2.75) is 30.6 Å². The van der Waals surface area contributed by atoms with Crippen molar-refractivity contribution >= 4 is 23.1 Å². The first kappa shape index (κ1) is 15.1. The van der Waals surface area contributed by atoms with Crippen LogP contribution in [-0.2, 0) is 0 Å². The normalized spacial score (nSPS) is 25.1. The van der Waals surface area contributed by atoms with Crippen LogP contribution in [0.25, 0.3) is 0 Å². The van der Waals surface area contributed by atoms with Crippen LogP contribution in [0.15, 0.2) is 18.2 Å². The van der Waals surface area contributed by atoms with Gasteiger partial charge in [-0.2, -0.15) is 16.2 Å². The fourth-order valence-electron chi connectivity index (χ4n) is 2.33. The number of nitrogens with one attached hydrogen (secondary N) is 1. The lowest BCUT2D eigenvalue weighted by Gasteiger charge is -2.45. The molecule has 0 radical (unpaired) electrons. The smallest absolute Gasteiger partial charge is 0.327 e. The van der Waals surface area contributed by atoms with Crippen LogP contribution in [-0.4, -0.2) is 33.2 Å². The summed E-state index contributed by atoms with van der Waals surface area (Å²) in [5.74, 6) is 0.0349. The molecule has 0 amide bonds. The van der Waals surface area contributed by atoms with Crippen molar-refractivity contribution in [3.63, 3.8) is 0 Å². The van der Waals surface area contributed by atoms with E-state index in [1.165, 1.54) is 12.1 Å². The maximum absolute atomic E-state index is 13.5. The number of nitrogens with zero attached hydrogens (tertiary/aromatic N) is 1. The molecule has 1 saturated carbocycles. The predicted octanol–water partition coefficient (Wildman–Crippen LogP) is 2.79. The third kappa shape index (κ3) is 2.88. The number of halogens is 1. The minimum absolute atomic E-state index is 0.107. The summed E-state index contributed by atoms with van der Waals surface area (Å²) in [6, 6.07) is 3.91. The summed E-state index contributed by atoms with van der Waals surface area (Å²) in [7, 11) is 0. The maximum Gasteiger partial charge on any atom is 0.327 e. The van der Waals surface area contributed by atoms with Crippen molar-refractivity contribution in [3.05, 3.63) is 34.1 Å². The van der Waals surface area contributed by atoms with Gasteiger partial charge in [0.1, 0.15) is 5.69 Å². The predicted molar refractivity (Wildman–Crippen MR) is 77.6 cm³/mol. The van der Waals surface area contributed by atoms with Gasteiger partial charge in [-0.05, 0) is 30.7 Å². The lowest BCUT2D eigenvalue weighted by molar-refractivity contribution is -0.386. The Labute approximate surface area is 120 Å². The molecule has 0 heterocycles. The van der Waals surface area contributed by atoms with E-state index in [0.717, 1.165) is 18.2 Å². The van der Waals surface area contributed by atoms with Gasteiger partial charge >= 0.3 is 5.69 Å². The minimum atomic E-state index is -0.875. The molecule has 2 atom stereocenters. The molecule has 20 heavy (non-hydrogen) atoms. The number of para-hydroxylation sites is 1. The number of hydrogen-bond donors (Lipinski definition) is 2. The fraction of sp³-hybridized carbons (Fsp3) is 0.538. The molecular weight excluding hydrogens is 283 g/mol. The summed E-state index contributed by atoms with van der Waals surface area (Å²) >= 11 is 1.68. The van der Waals surface area contributed by atoms with Gasteiger partial charge in [0.25, 0.3) is 0 Å². The maximum atomic E-state index is 13.5. The van der Waals surface area contributed by atoms with E-state index in [1.54, 1.807) is 11.8 Å².